The van der Waals surface area contributed by atoms with Gasteiger partial charge in [-0.15, -0.1) is 0 Å². The topological polar surface area (TPSA) is 87.3 Å². The van der Waals surface area contributed by atoms with Gasteiger partial charge in [0.2, 0.25) is 10.0 Å². The zero-order chi connectivity index (χ0) is 23.6. The number of halogens is 1. The van der Waals surface area contributed by atoms with E-state index in [-0.39, 0.29) is 21.3 Å². The van der Waals surface area contributed by atoms with Gasteiger partial charge in [0.15, 0.2) is 5.11 Å². The lowest BCUT2D eigenvalue weighted by molar-refractivity contribution is 0.0977. The Kier molecular flexibility index (Phi) is 7.68. The SMILES string of the molecule is CC(C)(C)NS(=O)(=O)c1ccc(NC(=S)NC(=O)c2ccc(C(C)(C)C)c(Br)c2)cc1. The van der Waals surface area contributed by atoms with Crippen LogP contribution in [0.25, 0.3) is 0 Å². The zero-order valence-corrected chi connectivity index (χ0v) is 21.7. The zero-order valence-electron chi connectivity index (χ0n) is 18.5. The van der Waals surface area contributed by atoms with Crippen LogP contribution in [0.5, 0.6) is 0 Å². The van der Waals surface area contributed by atoms with Gasteiger partial charge in [-0.2, -0.15) is 0 Å². The molecule has 2 rings (SSSR count). The van der Waals surface area contributed by atoms with E-state index in [1.807, 2.05) is 6.07 Å². The van der Waals surface area contributed by atoms with Crippen molar-refractivity contribution in [1.82, 2.24) is 10.0 Å². The van der Waals surface area contributed by atoms with Crippen LogP contribution in [0.1, 0.15) is 57.5 Å². The summed E-state index contributed by atoms with van der Waals surface area (Å²) in [6, 6.07) is 11.6. The first-order valence-electron chi connectivity index (χ1n) is 9.65. The fourth-order valence-electron chi connectivity index (χ4n) is 2.78. The average Bonchev–Trinajstić information content (AvgIpc) is 2.58. The molecule has 9 heteroatoms. The summed E-state index contributed by atoms with van der Waals surface area (Å²) in [6.07, 6.45) is 0. The molecule has 0 heterocycles. The summed E-state index contributed by atoms with van der Waals surface area (Å²) in [4.78, 5) is 12.7. The van der Waals surface area contributed by atoms with Gasteiger partial charge in [-0.1, -0.05) is 42.8 Å². The Morgan fingerprint density at radius 1 is 0.968 bits per heavy atom. The third kappa shape index (κ3) is 7.38. The van der Waals surface area contributed by atoms with Crippen molar-refractivity contribution in [3.63, 3.8) is 0 Å². The van der Waals surface area contributed by atoms with E-state index in [1.165, 1.54) is 12.1 Å². The molecule has 0 saturated heterocycles. The molecule has 6 nitrogen and oxygen atoms in total. The van der Waals surface area contributed by atoms with Gasteiger partial charge in [0.05, 0.1) is 4.90 Å². The number of rotatable bonds is 4. The summed E-state index contributed by atoms with van der Waals surface area (Å²) in [5, 5.41) is 5.64. The van der Waals surface area contributed by atoms with Gasteiger partial charge >= 0.3 is 0 Å². The van der Waals surface area contributed by atoms with Crippen LogP contribution in [0.4, 0.5) is 5.69 Å². The minimum Gasteiger partial charge on any atom is -0.332 e. The van der Waals surface area contributed by atoms with Crippen LogP contribution in [0.3, 0.4) is 0 Å². The number of sulfonamides is 1. The molecule has 3 N–H and O–H groups in total. The van der Waals surface area contributed by atoms with Crippen molar-refractivity contribution < 1.29 is 13.2 Å². The van der Waals surface area contributed by atoms with Crippen LogP contribution in [-0.2, 0) is 15.4 Å². The molecular weight excluding hydrogens is 498 g/mol. The normalized spacial score (nSPS) is 12.4. The number of benzene rings is 2. The van der Waals surface area contributed by atoms with Crippen LogP contribution >= 0.6 is 28.1 Å². The molecule has 2 aromatic rings. The predicted octanol–water partition coefficient (Wildman–Crippen LogP) is 4.95. The molecule has 0 radical (unpaired) electrons. The second-order valence-electron chi connectivity index (χ2n) is 9.23. The van der Waals surface area contributed by atoms with E-state index >= 15 is 0 Å². The van der Waals surface area contributed by atoms with Crippen molar-refractivity contribution in [3.05, 3.63) is 58.1 Å². The van der Waals surface area contributed by atoms with Gasteiger partial charge in [-0.05, 0) is 80.4 Å². The van der Waals surface area contributed by atoms with Gasteiger partial charge in [0.1, 0.15) is 0 Å². The number of amides is 1. The van der Waals surface area contributed by atoms with Crippen LogP contribution in [0, 0.1) is 0 Å². The van der Waals surface area contributed by atoms with Gasteiger partial charge in [-0.25, -0.2) is 13.1 Å². The van der Waals surface area contributed by atoms with E-state index in [9.17, 15) is 13.2 Å². The lowest BCUT2D eigenvalue weighted by Crippen LogP contribution is -2.40. The van der Waals surface area contributed by atoms with E-state index in [4.69, 9.17) is 12.2 Å². The van der Waals surface area contributed by atoms with Crippen molar-refractivity contribution in [2.45, 2.75) is 57.4 Å². The number of thiocarbonyl (C=S) groups is 1. The molecule has 2 aromatic carbocycles. The first-order chi connectivity index (χ1) is 14.1. The Labute approximate surface area is 198 Å². The van der Waals surface area contributed by atoms with E-state index < -0.39 is 15.6 Å². The molecule has 0 fully saturated rings. The monoisotopic (exact) mass is 525 g/mol. The van der Waals surface area contributed by atoms with Gasteiger partial charge in [0.25, 0.3) is 5.91 Å². The molecule has 31 heavy (non-hydrogen) atoms. The molecule has 1 amide bonds. The third-order valence-electron chi connectivity index (χ3n) is 4.13. The number of anilines is 1. The summed E-state index contributed by atoms with van der Waals surface area (Å²) in [7, 11) is -3.62. The Hall–Kier alpha value is -1.81. The highest BCUT2D eigenvalue weighted by Gasteiger charge is 2.22. The molecule has 0 spiro atoms. The van der Waals surface area contributed by atoms with E-state index in [2.05, 4.69) is 52.1 Å². The van der Waals surface area contributed by atoms with Gasteiger partial charge in [-0.3, -0.25) is 10.1 Å². The molecule has 0 saturated carbocycles. The van der Waals surface area contributed by atoms with E-state index in [1.54, 1.807) is 45.0 Å². The lowest BCUT2D eigenvalue weighted by Gasteiger charge is -2.21. The standard InChI is InChI=1S/C22H28BrN3O3S2/c1-21(2,3)17-12-7-14(13-18(17)23)19(27)25-20(30)24-15-8-10-16(11-9-15)31(28,29)26-22(4,5)6/h7-13,26H,1-6H3,(H2,24,25,27,30). The van der Waals surface area contributed by atoms with Crippen LogP contribution in [0.2, 0.25) is 0 Å². The molecule has 0 unspecified atom stereocenters. The summed E-state index contributed by atoms with van der Waals surface area (Å²) < 4.78 is 28.2. The number of hydrogen-bond donors (Lipinski definition) is 3. The summed E-state index contributed by atoms with van der Waals surface area (Å²) in [5.74, 6) is -0.341. The number of hydrogen-bond acceptors (Lipinski definition) is 4. The maximum Gasteiger partial charge on any atom is 0.257 e. The molecule has 0 aliphatic rings. The largest absolute Gasteiger partial charge is 0.332 e. The number of nitrogens with one attached hydrogen (secondary N) is 3. The molecule has 0 aromatic heterocycles. The Morgan fingerprint density at radius 3 is 2.03 bits per heavy atom. The highest BCUT2D eigenvalue weighted by molar-refractivity contribution is 9.10. The van der Waals surface area contributed by atoms with Crippen LogP contribution in [-0.4, -0.2) is 25.0 Å². The Bertz CT molecular complexity index is 1080. The van der Waals surface area contributed by atoms with E-state index in [0.717, 1.165) is 10.0 Å². The van der Waals surface area contributed by atoms with E-state index in [0.29, 0.717) is 11.3 Å². The minimum absolute atomic E-state index is 0.0489. The molecule has 0 atom stereocenters. The van der Waals surface area contributed by atoms with Crippen molar-refractivity contribution in [1.29, 1.82) is 0 Å². The second kappa shape index (κ2) is 9.36. The predicted molar refractivity (Wildman–Crippen MR) is 133 cm³/mol. The average molecular weight is 527 g/mol. The molecular formula is C22H28BrN3O3S2. The maximum absolute atomic E-state index is 12.5. The first-order valence-corrected chi connectivity index (χ1v) is 12.3. The van der Waals surface area contributed by atoms with Crippen LogP contribution < -0.4 is 15.4 Å². The quantitative estimate of drug-likeness (QED) is 0.491. The highest BCUT2D eigenvalue weighted by Crippen LogP contribution is 2.30. The Balaban J connectivity index is 2.04. The summed E-state index contributed by atoms with van der Waals surface area (Å²) in [6.45, 7) is 11.6. The smallest absolute Gasteiger partial charge is 0.257 e. The molecule has 0 aliphatic heterocycles. The molecule has 168 valence electrons. The second-order valence-corrected chi connectivity index (χ2v) is 12.2. The fourth-order valence-corrected chi connectivity index (χ4v) is 5.38. The van der Waals surface area contributed by atoms with Gasteiger partial charge in [0, 0.05) is 21.3 Å². The minimum atomic E-state index is -3.62. The maximum atomic E-state index is 12.5. The van der Waals surface area contributed by atoms with Gasteiger partial charge < -0.3 is 5.32 Å². The van der Waals surface area contributed by atoms with Crippen LogP contribution in [0.15, 0.2) is 51.8 Å². The number of carbonyl (C=O) groups is 1. The highest BCUT2D eigenvalue weighted by atomic mass is 79.9. The molecule has 0 bridgehead atoms. The fraction of sp³-hybridized carbons (Fsp3) is 0.364. The number of carbonyl (C=O) groups excluding carboxylic acids is 1. The lowest BCUT2D eigenvalue weighted by atomic mass is 9.86. The van der Waals surface area contributed by atoms with Crippen molar-refractivity contribution in [3.8, 4) is 0 Å². The molecule has 0 aliphatic carbocycles. The van der Waals surface area contributed by atoms with Crippen molar-refractivity contribution in [2.24, 2.45) is 0 Å². The first kappa shape index (κ1) is 25.5. The van der Waals surface area contributed by atoms with Crippen molar-refractivity contribution in [2.75, 3.05) is 5.32 Å². The van der Waals surface area contributed by atoms with Crippen molar-refractivity contribution >= 4 is 54.9 Å². The Morgan fingerprint density at radius 2 is 1.55 bits per heavy atom. The summed E-state index contributed by atoms with van der Waals surface area (Å²) in [5.41, 5.74) is 1.50. The third-order valence-corrected chi connectivity index (χ3v) is 6.76. The summed E-state index contributed by atoms with van der Waals surface area (Å²) >= 11 is 8.75.